The Labute approximate surface area is 76.1 Å². The summed E-state index contributed by atoms with van der Waals surface area (Å²) >= 11 is 0. The molecule has 2 fully saturated rings. The van der Waals surface area contributed by atoms with E-state index in [4.69, 9.17) is 0 Å². The third-order valence-electron chi connectivity index (χ3n) is 3.84. The fraction of sp³-hybridized carbons (Fsp3) is 0.833. The number of hydrogen-bond donors (Lipinski definition) is 0. The van der Waals surface area contributed by atoms with Crippen LogP contribution >= 0.6 is 0 Å². The van der Waals surface area contributed by atoms with Gasteiger partial charge >= 0.3 is 0 Å². The number of hydrogen-bond acceptors (Lipinski definition) is 0. The lowest BCUT2D eigenvalue weighted by Crippen LogP contribution is -2.23. The van der Waals surface area contributed by atoms with Crippen LogP contribution in [0.3, 0.4) is 0 Å². The van der Waals surface area contributed by atoms with Gasteiger partial charge in [-0.1, -0.05) is 30.9 Å². The van der Waals surface area contributed by atoms with Gasteiger partial charge in [0.05, 0.1) is 0 Å². The Morgan fingerprint density at radius 3 is 2.58 bits per heavy atom. The summed E-state index contributed by atoms with van der Waals surface area (Å²) in [7, 11) is 0. The van der Waals surface area contributed by atoms with Crippen molar-refractivity contribution in [1.82, 2.24) is 0 Å². The van der Waals surface area contributed by atoms with E-state index < -0.39 is 0 Å². The number of allylic oxidation sites excluding steroid dienone is 2. The highest BCUT2D eigenvalue weighted by molar-refractivity contribution is 5.06. The Balaban J connectivity index is 1.98. The van der Waals surface area contributed by atoms with Crippen molar-refractivity contribution in [3.63, 3.8) is 0 Å². The van der Waals surface area contributed by atoms with E-state index >= 15 is 0 Å². The van der Waals surface area contributed by atoms with E-state index in [9.17, 15) is 0 Å². The summed E-state index contributed by atoms with van der Waals surface area (Å²) in [6.07, 6.45) is 12.7. The Morgan fingerprint density at radius 2 is 1.83 bits per heavy atom. The maximum Gasteiger partial charge on any atom is -0.0289 e. The van der Waals surface area contributed by atoms with Gasteiger partial charge in [0, 0.05) is 0 Å². The molecule has 2 unspecified atom stereocenters. The van der Waals surface area contributed by atoms with E-state index in [0.717, 1.165) is 11.8 Å². The number of fused-ring (bicyclic) bond motifs is 1. The Morgan fingerprint density at radius 1 is 1.08 bits per heavy atom. The molecule has 0 saturated heterocycles. The first-order valence-corrected chi connectivity index (χ1v) is 5.54. The summed E-state index contributed by atoms with van der Waals surface area (Å²) in [5, 5.41) is 0. The molecule has 0 amide bonds. The molecule has 0 nitrogen and oxygen atoms in total. The lowest BCUT2D eigenvalue weighted by Gasteiger charge is -2.36. The molecule has 0 aromatic rings. The quantitative estimate of drug-likeness (QED) is 0.476. The molecule has 12 heavy (non-hydrogen) atoms. The third kappa shape index (κ3) is 1.57. The molecular formula is C12H20. The SMILES string of the molecule is CC=C1CCC2CCCCC2C1. The van der Waals surface area contributed by atoms with E-state index in [2.05, 4.69) is 13.0 Å². The van der Waals surface area contributed by atoms with Crippen molar-refractivity contribution < 1.29 is 0 Å². The van der Waals surface area contributed by atoms with Crippen LogP contribution in [0.4, 0.5) is 0 Å². The molecule has 0 spiro atoms. The van der Waals surface area contributed by atoms with Gasteiger partial charge in [-0.25, -0.2) is 0 Å². The zero-order chi connectivity index (χ0) is 8.39. The van der Waals surface area contributed by atoms with Crippen LogP contribution in [0.1, 0.15) is 51.9 Å². The van der Waals surface area contributed by atoms with Crippen molar-refractivity contribution in [3.8, 4) is 0 Å². The first-order valence-electron chi connectivity index (χ1n) is 5.54. The fourth-order valence-electron chi connectivity index (χ4n) is 3.01. The molecule has 0 aromatic carbocycles. The number of rotatable bonds is 0. The normalized spacial score (nSPS) is 39.6. The van der Waals surface area contributed by atoms with Crippen LogP contribution in [0.15, 0.2) is 11.6 Å². The van der Waals surface area contributed by atoms with Crippen molar-refractivity contribution in [2.24, 2.45) is 11.8 Å². The van der Waals surface area contributed by atoms with Crippen LogP contribution in [0.5, 0.6) is 0 Å². The summed E-state index contributed by atoms with van der Waals surface area (Å²) in [4.78, 5) is 0. The van der Waals surface area contributed by atoms with Crippen molar-refractivity contribution in [3.05, 3.63) is 11.6 Å². The monoisotopic (exact) mass is 164 g/mol. The lowest BCUT2D eigenvalue weighted by molar-refractivity contribution is 0.199. The molecule has 0 radical (unpaired) electrons. The van der Waals surface area contributed by atoms with Crippen LogP contribution in [0, 0.1) is 11.8 Å². The van der Waals surface area contributed by atoms with Crippen molar-refractivity contribution in [2.45, 2.75) is 51.9 Å². The molecular weight excluding hydrogens is 144 g/mol. The maximum absolute atomic E-state index is 2.35. The lowest BCUT2D eigenvalue weighted by atomic mass is 9.69. The maximum atomic E-state index is 2.35. The molecule has 0 N–H and O–H groups in total. The molecule has 0 heterocycles. The summed E-state index contributed by atoms with van der Waals surface area (Å²) in [6, 6.07) is 0. The highest BCUT2D eigenvalue weighted by Crippen LogP contribution is 2.42. The minimum absolute atomic E-state index is 1.07. The highest BCUT2D eigenvalue weighted by atomic mass is 14.3. The first kappa shape index (κ1) is 8.34. The van der Waals surface area contributed by atoms with Crippen LogP contribution in [-0.2, 0) is 0 Å². The molecule has 2 saturated carbocycles. The van der Waals surface area contributed by atoms with Gasteiger partial charge in [-0.05, 0) is 44.4 Å². The van der Waals surface area contributed by atoms with Gasteiger partial charge in [-0.3, -0.25) is 0 Å². The van der Waals surface area contributed by atoms with Gasteiger partial charge in [0.1, 0.15) is 0 Å². The zero-order valence-electron chi connectivity index (χ0n) is 8.18. The average molecular weight is 164 g/mol. The molecule has 2 aliphatic rings. The predicted octanol–water partition coefficient (Wildman–Crippen LogP) is 3.92. The van der Waals surface area contributed by atoms with Crippen LogP contribution in [-0.4, -0.2) is 0 Å². The van der Waals surface area contributed by atoms with Crippen molar-refractivity contribution in [1.29, 1.82) is 0 Å². The first-order chi connectivity index (χ1) is 5.90. The van der Waals surface area contributed by atoms with E-state index in [0.29, 0.717) is 0 Å². The summed E-state index contributed by atoms with van der Waals surface area (Å²) in [6.45, 7) is 2.21. The van der Waals surface area contributed by atoms with Crippen LogP contribution in [0.25, 0.3) is 0 Å². The standard InChI is InChI=1S/C12H20/c1-2-10-7-8-11-5-3-4-6-12(11)9-10/h2,11-12H,3-9H2,1H3. The van der Waals surface area contributed by atoms with E-state index in [-0.39, 0.29) is 0 Å². The minimum Gasteiger partial charge on any atom is -0.0884 e. The van der Waals surface area contributed by atoms with Gasteiger partial charge in [0.25, 0.3) is 0 Å². The summed E-state index contributed by atoms with van der Waals surface area (Å²) < 4.78 is 0. The third-order valence-corrected chi connectivity index (χ3v) is 3.84. The molecule has 0 aromatic heterocycles. The second-order valence-corrected chi connectivity index (χ2v) is 4.49. The van der Waals surface area contributed by atoms with Gasteiger partial charge in [0.15, 0.2) is 0 Å². The van der Waals surface area contributed by atoms with E-state index in [1.807, 2.05) is 0 Å². The smallest absolute Gasteiger partial charge is 0.0289 e. The van der Waals surface area contributed by atoms with Crippen molar-refractivity contribution in [2.75, 3.05) is 0 Å². The highest BCUT2D eigenvalue weighted by Gasteiger charge is 2.28. The fourth-order valence-corrected chi connectivity index (χ4v) is 3.01. The molecule has 2 rings (SSSR count). The Kier molecular flexibility index (Phi) is 2.53. The molecule has 0 heteroatoms. The molecule has 68 valence electrons. The Hall–Kier alpha value is -0.260. The van der Waals surface area contributed by atoms with Crippen LogP contribution < -0.4 is 0 Å². The average Bonchev–Trinajstić information content (AvgIpc) is 2.17. The van der Waals surface area contributed by atoms with Crippen molar-refractivity contribution >= 4 is 0 Å². The minimum atomic E-state index is 1.07. The topological polar surface area (TPSA) is 0 Å². The largest absolute Gasteiger partial charge is 0.0884 e. The van der Waals surface area contributed by atoms with E-state index in [1.165, 1.54) is 44.9 Å². The Bertz CT molecular complexity index is 178. The molecule has 2 atom stereocenters. The molecule has 0 aliphatic heterocycles. The summed E-state index contributed by atoms with van der Waals surface area (Å²) in [5.74, 6) is 2.17. The molecule has 2 aliphatic carbocycles. The second-order valence-electron chi connectivity index (χ2n) is 4.49. The second kappa shape index (κ2) is 3.64. The van der Waals surface area contributed by atoms with Gasteiger partial charge < -0.3 is 0 Å². The van der Waals surface area contributed by atoms with Gasteiger partial charge in [-0.15, -0.1) is 0 Å². The van der Waals surface area contributed by atoms with E-state index in [1.54, 1.807) is 5.57 Å². The van der Waals surface area contributed by atoms with Crippen LogP contribution in [0.2, 0.25) is 0 Å². The predicted molar refractivity (Wildman–Crippen MR) is 53.1 cm³/mol. The molecule has 0 bridgehead atoms. The zero-order valence-corrected chi connectivity index (χ0v) is 8.18. The van der Waals surface area contributed by atoms with Gasteiger partial charge in [0.2, 0.25) is 0 Å². The summed E-state index contributed by atoms with van der Waals surface area (Å²) in [5.41, 5.74) is 1.73. The van der Waals surface area contributed by atoms with Gasteiger partial charge in [-0.2, -0.15) is 0 Å².